The van der Waals surface area contributed by atoms with Crippen LogP contribution in [0.3, 0.4) is 0 Å². The van der Waals surface area contributed by atoms with Gasteiger partial charge in [0, 0.05) is 5.69 Å². The number of esters is 1. The highest BCUT2D eigenvalue weighted by Crippen LogP contribution is 2.43. The second-order valence-corrected chi connectivity index (χ2v) is 8.89. The molecule has 32 heavy (non-hydrogen) atoms. The Morgan fingerprint density at radius 1 is 0.938 bits per heavy atom. The summed E-state index contributed by atoms with van der Waals surface area (Å²) >= 11 is 12.4. The fraction of sp³-hybridized carbons (Fsp3) is 0.304. The minimum absolute atomic E-state index is 0.121. The number of nitrogens with one attached hydrogen (secondary N) is 1. The summed E-state index contributed by atoms with van der Waals surface area (Å²) in [4.78, 5) is 51.3. The maximum absolute atomic E-state index is 12.9. The van der Waals surface area contributed by atoms with E-state index >= 15 is 0 Å². The van der Waals surface area contributed by atoms with Gasteiger partial charge in [0.25, 0.3) is 5.91 Å². The molecule has 0 unspecified atom stereocenters. The second kappa shape index (κ2) is 9.30. The molecule has 1 saturated heterocycles. The van der Waals surface area contributed by atoms with Gasteiger partial charge in [-0.25, -0.2) is 4.79 Å². The smallest absolute Gasteiger partial charge is 0.338 e. The number of carbonyl (C=O) groups excluding carboxylic acids is 4. The van der Waals surface area contributed by atoms with Crippen LogP contribution in [0.1, 0.15) is 23.2 Å². The van der Waals surface area contributed by atoms with E-state index in [-0.39, 0.29) is 33.8 Å². The van der Waals surface area contributed by atoms with Crippen molar-refractivity contribution in [3.8, 4) is 0 Å². The van der Waals surface area contributed by atoms with E-state index < -0.39 is 30.3 Å². The molecule has 7 nitrogen and oxygen atoms in total. The molecule has 2 aromatic rings. The minimum atomic E-state index is -0.742. The normalized spacial score (nSPS) is 24.8. The number of fused-ring (bicyclic) bond motifs is 1. The Labute approximate surface area is 194 Å². The van der Waals surface area contributed by atoms with Crippen molar-refractivity contribution in [2.24, 2.45) is 11.8 Å². The van der Waals surface area contributed by atoms with Gasteiger partial charge in [0.1, 0.15) is 0 Å². The average Bonchev–Trinajstić information content (AvgIpc) is 3.02. The number of hydrogen-bond donors (Lipinski definition) is 1. The molecule has 2 aliphatic rings. The third kappa shape index (κ3) is 4.49. The van der Waals surface area contributed by atoms with Gasteiger partial charge in [-0.05, 0) is 43.2 Å². The molecule has 1 N–H and O–H groups in total. The first-order chi connectivity index (χ1) is 15.3. The molecule has 0 bridgehead atoms. The third-order valence-electron chi connectivity index (χ3n) is 5.64. The largest absolute Gasteiger partial charge is 0.452 e. The highest BCUT2D eigenvalue weighted by atomic mass is 35.5. The van der Waals surface area contributed by atoms with Crippen molar-refractivity contribution in [2.45, 2.75) is 23.6 Å². The van der Waals surface area contributed by atoms with Crippen molar-refractivity contribution in [3.05, 3.63) is 60.2 Å². The average molecular weight is 475 g/mol. The maximum atomic E-state index is 12.9. The van der Waals surface area contributed by atoms with E-state index in [1.54, 1.807) is 36.4 Å². The summed E-state index contributed by atoms with van der Waals surface area (Å²) in [5, 5.41) is 1.86. The highest BCUT2D eigenvalue weighted by Gasteiger charge is 2.52. The number of anilines is 2. The van der Waals surface area contributed by atoms with Gasteiger partial charge >= 0.3 is 5.97 Å². The van der Waals surface area contributed by atoms with Gasteiger partial charge in [-0.15, -0.1) is 23.2 Å². The first-order valence-electron chi connectivity index (χ1n) is 10.1. The summed E-state index contributed by atoms with van der Waals surface area (Å²) < 4.78 is 5.08. The third-order valence-corrected chi connectivity index (χ3v) is 6.74. The zero-order chi connectivity index (χ0) is 22.8. The van der Waals surface area contributed by atoms with Crippen LogP contribution in [-0.4, -0.2) is 41.1 Å². The first-order valence-corrected chi connectivity index (χ1v) is 11.0. The van der Waals surface area contributed by atoms with Crippen molar-refractivity contribution in [2.75, 3.05) is 16.8 Å². The van der Waals surface area contributed by atoms with E-state index in [1.165, 1.54) is 12.1 Å². The molecule has 0 aromatic heterocycles. The van der Waals surface area contributed by atoms with Gasteiger partial charge in [0.05, 0.1) is 33.8 Å². The number of rotatable bonds is 5. The molecule has 1 heterocycles. The SMILES string of the molecule is O=C(COC(=O)c1cccc(N2C(=O)[C@H]3C[C@@H](Cl)[C@@H](Cl)C[C@H]3C2=O)c1)Nc1ccccc1. The molecule has 4 rings (SSSR count). The van der Waals surface area contributed by atoms with E-state index in [9.17, 15) is 19.2 Å². The predicted molar refractivity (Wildman–Crippen MR) is 120 cm³/mol. The fourth-order valence-corrected chi connectivity index (χ4v) is 4.64. The van der Waals surface area contributed by atoms with E-state index in [4.69, 9.17) is 27.9 Å². The molecular weight excluding hydrogens is 455 g/mol. The topological polar surface area (TPSA) is 92.8 Å². The summed E-state index contributed by atoms with van der Waals surface area (Å²) in [6, 6.07) is 14.8. The zero-order valence-electron chi connectivity index (χ0n) is 16.9. The van der Waals surface area contributed by atoms with Gasteiger partial charge < -0.3 is 10.1 Å². The van der Waals surface area contributed by atoms with Crippen LogP contribution < -0.4 is 10.2 Å². The molecule has 1 aliphatic heterocycles. The Balaban J connectivity index is 1.43. The molecule has 0 spiro atoms. The molecule has 1 aliphatic carbocycles. The lowest BCUT2D eigenvalue weighted by atomic mass is 9.80. The Morgan fingerprint density at radius 3 is 2.19 bits per heavy atom. The van der Waals surface area contributed by atoms with Crippen molar-refractivity contribution >= 4 is 58.3 Å². The number of halogens is 2. The van der Waals surface area contributed by atoms with Gasteiger partial charge in [-0.2, -0.15) is 0 Å². The molecule has 1 saturated carbocycles. The Kier molecular flexibility index (Phi) is 6.48. The summed E-state index contributed by atoms with van der Waals surface area (Å²) in [7, 11) is 0. The van der Waals surface area contributed by atoms with Gasteiger partial charge in [-0.3, -0.25) is 19.3 Å². The number of benzene rings is 2. The quantitative estimate of drug-likeness (QED) is 0.406. The Hall–Kier alpha value is -2.90. The molecule has 2 aromatic carbocycles. The van der Waals surface area contributed by atoms with Crippen LogP contribution in [0.15, 0.2) is 54.6 Å². The molecule has 4 atom stereocenters. The zero-order valence-corrected chi connectivity index (χ0v) is 18.4. The number of ether oxygens (including phenoxy) is 1. The number of amides is 3. The monoisotopic (exact) mass is 474 g/mol. The van der Waals surface area contributed by atoms with Crippen LogP contribution >= 0.6 is 23.2 Å². The number of carbonyl (C=O) groups is 4. The minimum Gasteiger partial charge on any atom is -0.452 e. The molecule has 3 amide bonds. The van der Waals surface area contributed by atoms with Gasteiger partial charge in [0.2, 0.25) is 11.8 Å². The van der Waals surface area contributed by atoms with Crippen LogP contribution in [0.5, 0.6) is 0 Å². The number of hydrogen-bond acceptors (Lipinski definition) is 5. The summed E-state index contributed by atoms with van der Waals surface area (Å²) in [6.45, 7) is -0.474. The summed E-state index contributed by atoms with van der Waals surface area (Å²) in [5.41, 5.74) is 0.979. The lowest BCUT2D eigenvalue weighted by molar-refractivity contribution is -0.122. The number of imide groups is 1. The number of para-hydroxylation sites is 1. The molecular formula is C23H20Cl2N2O5. The van der Waals surface area contributed by atoms with Crippen LogP contribution in [0.4, 0.5) is 11.4 Å². The van der Waals surface area contributed by atoms with Gasteiger partial charge in [0.15, 0.2) is 6.61 Å². The van der Waals surface area contributed by atoms with Gasteiger partial charge in [-0.1, -0.05) is 24.3 Å². The van der Waals surface area contributed by atoms with Crippen LogP contribution in [0.25, 0.3) is 0 Å². The predicted octanol–water partition coefficient (Wildman–Crippen LogP) is 3.60. The lowest BCUT2D eigenvalue weighted by Crippen LogP contribution is -2.34. The van der Waals surface area contributed by atoms with Crippen LogP contribution in [-0.2, 0) is 19.1 Å². The Bertz CT molecular complexity index is 1030. The Morgan fingerprint density at radius 2 is 1.56 bits per heavy atom. The van der Waals surface area contributed by atoms with E-state index in [0.717, 1.165) is 4.90 Å². The van der Waals surface area contributed by atoms with Crippen LogP contribution in [0, 0.1) is 11.8 Å². The highest BCUT2D eigenvalue weighted by molar-refractivity contribution is 6.31. The van der Waals surface area contributed by atoms with Crippen molar-refractivity contribution < 1.29 is 23.9 Å². The van der Waals surface area contributed by atoms with E-state index in [2.05, 4.69) is 5.32 Å². The van der Waals surface area contributed by atoms with Crippen molar-refractivity contribution in [1.29, 1.82) is 0 Å². The van der Waals surface area contributed by atoms with Crippen molar-refractivity contribution in [3.63, 3.8) is 0 Å². The molecule has 9 heteroatoms. The number of alkyl halides is 2. The fourth-order valence-electron chi connectivity index (χ4n) is 4.05. The van der Waals surface area contributed by atoms with E-state index in [0.29, 0.717) is 18.5 Å². The molecule has 166 valence electrons. The number of nitrogens with zero attached hydrogens (tertiary/aromatic N) is 1. The summed E-state index contributed by atoms with van der Waals surface area (Å²) in [6.07, 6.45) is 0.666. The van der Waals surface area contributed by atoms with E-state index in [1.807, 2.05) is 6.07 Å². The standard InChI is InChI=1S/C23H20Cl2N2O5/c24-18-10-16-17(11-19(18)25)22(30)27(21(16)29)15-8-4-5-13(9-15)23(31)32-12-20(28)26-14-6-2-1-3-7-14/h1-9,16-19H,10-12H2,(H,26,28)/t16-,17+,18+,19-. The lowest BCUT2D eigenvalue weighted by Gasteiger charge is -2.28. The second-order valence-electron chi connectivity index (χ2n) is 7.77. The van der Waals surface area contributed by atoms with Crippen molar-refractivity contribution in [1.82, 2.24) is 0 Å². The first kappa shape index (κ1) is 22.3. The van der Waals surface area contributed by atoms with Crippen LogP contribution in [0.2, 0.25) is 0 Å². The summed E-state index contributed by atoms with van der Waals surface area (Å²) in [5.74, 6) is -2.95. The molecule has 2 fully saturated rings. The molecule has 0 radical (unpaired) electrons. The maximum Gasteiger partial charge on any atom is 0.338 e.